The van der Waals surface area contributed by atoms with Gasteiger partial charge >= 0.3 is 0 Å². The van der Waals surface area contributed by atoms with Crippen molar-refractivity contribution >= 4 is 27.1 Å². The lowest BCUT2D eigenvalue weighted by molar-refractivity contribution is -0.133. The number of likely N-dealkylation sites (N-methyl/N-ethyl adjacent to an activating group) is 1. The number of hydrogen-bond acceptors (Lipinski definition) is 5. The Hall–Kier alpha value is -0.920. The third-order valence-corrected chi connectivity index (χ3v) is 7.49. The minimum Gasteiger partial charge on any atom is -0.340 e. The molecule has 0 aromatic carbocycles. The molecule has 1 N–H and O–H groups in total. The summed E-state index contributed by atoms with van der Waals surface area (Å²) in [5, 5.41) is 5.15. The van der Waals surface area contributed by atoms with Gasteiger partial charge in [0.1, 0.15) is 6.04 Å². The third kappa shape index (κ3) is 3.21. The van der Waals surface area contributed by atoms with E-state index in [4.69, 9.17) is 0 Å². The van der Waals surface area contributed by atoms with E-state index < -0.39 is 9.84 Å². The van der Waals surface area contributed by atoms with Gasteiger partial charge in [0.15, 0.2) is 9.84 Å². The Bertz CT molecular complexity index is 653. The van der Waals surface area contributed by atoms with Crippen LogP contribution in [0.2, 0.25) is 0 Å². The van der Waals surface area contributed by atoms with Gasteiger partial charge in [-0.15, -0.1) is 11.3 Å². The molecule has 3 heterocycles. The zero-order valence-corrected chi connectivity index (χ0v) is 14.4. The number of rotatable bonds is 3. The fraction of sp³-hybridized carbons (Fsp3) is 0.667. The molecule has 122 valence electrons. The molecule has 1 fully saturated rings. The van der Waals surface area contributed by atoms with E-state index in [0.717, 1.165) is 24.1 Å². The second-order valence-electron chi connectivity index (χ2n) is 6.19. The first-order chi connectivity index (χ1) is 10.5. The molecule has 1 aromatic rings. The van der Waals surface area contributed by atoms with Crippen molar-refractivity contribution in [2.24, 2.45) is 5.92 Å². The zero-order chi connectivity index (χ0) is 15.7. The van der Waals surface area contributed by atoms with Gasteiger partial charge in [0.25, 0.3) is 0 Å². The van der Waals surface area contributed by atoms with Crippen LogP contribution in [0.1, 0.15) is 29.3 Å². The van der Waals surface area contributed by atoms with E-state index in [0.29, 0.717) is 18.8 Å². The first kappa shape index (κ1) is 16.0. The molecule has 1 saturated heterocycles. The maximum atomic E-state index is 12.8. The Morgan fingerprint density at radius 2 is 2.27 bits per heavy atom. The Morgan fingerprint density at radius 3 is 3.00 bits per heavy atom. The van der Waals surface area contributed by atoms with Crippen molar-refractivity contribution in [3.05, 3.63) is 21.9 Å². The average Bonchev–Trinajstić information content (AvgIpc) is 2.87. The predicted octanol–water partition coefficient (Wildman–Crippen LogP) is 1.22. The number of hydrogen-bond donors (Lipinski definition) is 1. The number of nitrogens with zero attached hydrogens (tertiary/aromatic N) is 1. The van der Waals surface area contributed by atoms with Gasteiger partial charge in [0.2, 0.25) is 5.91 Å². The molecule has 1 aromatic heterocycles. The van der Waals surface area contributed by atoms with Gasteiger partial charge in [0, 0.05) is 18.0 Å². The van der Waals surface area contributed by atoms with Crippen molar-refractivity contribution in [1.82, 2.24) is 10.2 Å². The summed E-state index contributed by atoms with van der Waals surface area (Å²) < 4.78 is 23.6. The van der Waals surface area contributed by atoms with E-state index in [1.54, 1.807) is 18.4 Å². The number of fused-ring (bicyclic) bond motifs is 1. The van der Waals surface area contributed by atoms with Crippen molar-refractivity contribution in [2.45, 2.75) is 25.3 Å². The Labute approximate surface area is 135 Å². The normalized spacial score (nSPS) is 28.2. The standard InChI is InChI=1S/C15H22N2O3S2/c1-16-13-14-12(5-7-21-14)4-6-17(15(13)18)9-11-3-2-8-22(19,20)10-11/h5,7,11,13,16H,2-4,6,8-10H2,1H3. The van der Waals surface area contributed by atoms with E-state index >= 15 is 0 Å². The molecule has 1 amide bonds. The van der Waals surface area contributed by atoms with Gasteiger partial charge < -0.3 is 10.2 Å². The Balaban J connectivity index is 1.75. The van der Waals surface area contributed by atoms with Crippen LogP contribution in [0.15, 0.2) is 11.4 Å². The van der Waals surface area contributed by atoms with Crippen LogP contribution < -0.4 is 5.32 Å². The highest BCUT2D eigenvalue weighted by atomic mass is 32.2. The van der Waals surface area contributed by atoms with Gasteiger partial charge in [-0.2, -0.15) is 0 Å². The third-order valence-electron chi connectivity index (χ3n) is 4.58. The van der Waals surface area contributed by atoms with Crippen LogP contribution in [0.3, 0.4) is 0 Å². The number of nitrogens with one attached hydrogen (secondary N) is 1. The van der Waals surface area contributed by atoms with E-state index in [-0.39, 0.29) is 23.6 Å². The molecule has 0 spiro atoms. The van der Waals surface area contributed by atoms with Gasteiger partial charge in [-0.1, -0.05) is 0 Å². The van der Waals surface area contributed by atoms with Crippen LogP contribution in [-0.4, -0.2) is 50.9 Å². The van der Waals surface area contributed by atoms with Gasteiger partial charge in [0.05, 0.1) is 11.5 Å². The Kier molecular flexibility index (Phi) is 4.56. The zero-order valence-electron chi connectivity index (χ0n) is 12.7. The van der Waals surface area contributed by atoms with Crippen molar-refractivity contribution in [3.63, 3.8) is 0 Å². The average molecular weight is 342 g/mol. The first-order valence-corrected chi connectivity index (χ1v) is 10.4. The fourth-order valence-corrected chi connectivity index (χ4v) is 6.30. The summed E-state index contributed by atoms with van der Waals surface area (Å²) in [6.45, 7) is 1.24. The molecule has 0 saturated carbocycles. The molecule has 2 atom stereocenters. The lowest BCUT2D eigenvalue weighted by Crippen LogP contribution is -2.43. The number of amides is 1. The lowest BCUT2D eigenvalue weighted by Gasteiger charge is -2.30. The number of carbonyl (C=O) groups excluding carboxylic acids is 1. The summed E-state index contributed by atoms with van der Waals surface area (Å²) in [6, 6.07) is 1.80. The van der Waals surface area contributed by atoms with Crippen LogP contribution in [0.4, 0.5) is 0 Å². The van der Waals surface area contributed by atoms with E-state index in [9.17, 15) is 13.2 Å². The van der Waals surface area contributed by atoms with Gasteiger partial charge in [-0.25, -0.2) is 8.42 Å². The summed E-state index contributed by atoms with van der Waals surface area (Å²) in [6.07, 6.45) is 2.47. The smallest absolute Gasteiger partial charge is 0.245 e. The van der Waals surface area contributed by atoms with E-state index in [1.165, 1.54) is 5.56 Å². The predicted molar refractivity (Wildman–Crippen MR) is 87.8 cm³/mol. The molecular formula is C15H22N2O3S2. The van der Waals surface area contributed by atoms with Crippen LogP contribution in [0, 0.1) is 5.92 Å². The second-order valence-corrected chi connectivity index (χ2v) is 9.37. The quantitative estimate of drug-likeness (QED) is 0.897. The maximum absolute atomic E-state index is 12.8. The van der Waals surface area contributed by atoms with Crippen molar-refractivity contribution in [2.75, 3.05) is 31.6 Å². The minimum atomic E-state index is -2.92. The molecule has 0 radical (unpaired) electrons. The molecule has 2 aliphatic heterocycles. The molecule has 22 heavy (non-hydrogen) atoms. The molecule has 3 rings (SSSR count). The molecule has 2 aliphatic rings. The highest BCUT2D eigenvalue weighted by Crippen LogP contribution is 2.30. The first-order valence-electron chi connectivity index (χ1n) is 7.73. The molecule has 5 nitrogen and oxygen atoms in total. The number of carbonyl (C=O) groups is 1. The summed E-state index contributed by atoms with van der Waals surface area (Å²) in [4.78, 5) is 15.8. The van der Waals surface area contributed by atoms with Crippen molar-refractivity contribution < 1.29 is 13.2 Å². The van der Waals surface area contributed by atoms with E-state index in [2.05, 4.69) is 11.4 Å². The van der Waals surface area contributed by atoms with Gasteiger partial charge in [-0.05, 0) is 49.2 Å². The van der Waals surface area contributed by atoms with E-state index in [1.807, 2.05) is 10.3 Å². The molecular weight excluding hydrogens is 320 g/mol. The largest absolute Gasteiger partial charge is 0.340 e. The summed E-state index contributed by atoms with van der Waals surface area (Å²) in [5.41, 5.74) is 1.23. The molecule has 0 aliphatic carbocycles. The van der Waals surface area contributed by atoms with Crippen LogP contribution in [0.25, 0.3) is 0 Å². The fourth-order valence-electron chi connectivity index (χ4n) is 3.48. The minimum absolute atomic E-state index is 0.0756. The lowest BCUT2D eigenvalue weighted by atomic mass is 10.0. The molecule has 7 heteroatoms. The van der Waals surface area contributed by atoms with Crippen molar-refractivity contribution in [1.29, 1.82) is 0 Å². The summed E-state index contributed by atoms with van der Waals surface area (Å²) in [7, 11) is -1.12. The van der Waals surface area contributed by atoms with Crippen LogP contribution in [-0.2, 0) is 21.1 Å². The van der Waals surface area contributed by atoms with Crippen LogP contribution in [0.5, 0.6) is 0 Å². The molecule has 0 bridgehead atoms. The summed E-state index contributed by atoms with van der Waals surface area (Å²) >= 11 is 1.62. The van der Waals surface area contributed by atoms with Gasteiger partial charge in [-0.3, -0.25) is 4.79 Å². The number of sulfone groups is 1. The van der Waals surface area contributed by atoms with Crippen molar-refractivity contribution in [3.8, 4) is 0 Å². The molecule has 2 unspecified atom stereocenters. The SMILES string of the molecule is CNC1C(=O)N(CC2CCCS(=O)(=O)C2)CCc2ccsc21. The monoisotopic (exact) mass is 342 g/mol. The highest BCUT2D eigenvalue weighted by molar-refractivity contribution is 7.91. The second kappa shape index (κ2) is 6.29. The summed E-state index contributed by atoms with van der Waals surface area (Å²) in [5.74, 6) is 0.680. The highest BCUT2D eigenvalue weighted by Gasteiger charge is 2.33. The maximum Gasteiger partial charge on any atom is 0.245 e. The number of thiophene rings is 1. The van der Waals surface area contributed by atoms with Crippen LogP contribution >= 0.6 is 11.3 Å². The topological polar surface area (TPSA) is 66.5 Å². The Morgan fingerprint density at radius 1 is 1.45 bits per heavy atom.